The molecule has 2 rings (SSSR count). The van der Waals surface area contributed by atoms with Gasteiger partial charge in [-0.2, -0.15) is 11.3 Å². The van der Waals surface area contributed by atoms with Crippen LogP contribution in [0.25, 0.3) is 0 Å². The Labute approximate surface area is 109 Å². The highest BCUT2D eigenvalue weighted by atomic mass is 32.1. The molecular formula is C12H14N2O3S. The lowest BCUT2D eigenvalue weighted by Gasteiger charge is -2.40. The molecule has 0 aliphatic carbocycles. The summed E-state index contributed by atoms with van der Waals surface area (Å²) in [6.45, 7) is 3.21. The van der Waals surface area contributed by atoms with Crippen molar-refractivity contribution < 1.29 is 14.4 Å². The number of carbonyl (C=O) groups excluding carboxylic acids is 3. The summed E-state index contributed by atoms with van der Waals surface area (Å²) >= 11 is 1.51. The fraction of sp³-hybridized carbons (Fsp3) is 0.417. The van der Waals surface area contributed by atoms with Gasteiger partial charge in [-0.3, -0.25) is 19.7 Å². The van der Waals surface area contributed by atoms with Crippen molar-refractivity contribution in [3.8, 4) is 0 Å². The number of nitrogens with one attached hydrogen (secondary N) is 1. The largest absolute Gasteiger partial charge is 0.319 e. The Hall–Kier alpha value is -1.69. The van der Waals surface area contributed by atoms with Crippen LogP contribution >= 0.6 is 11.3 Å². The Morgan fingerprint density at radius 3 is 2.83 bits per heavy atom. The van der Waals surface area contributed by atoms with Crippen LogP contribution in [-0.4, -0.2) is 34.7 Å². The van der Waals surface area contributed by atoms with Gasteiger partial charge in [-0.25, -0.2) is 0 Å². The smallest absolute Gasteiger partial charge is 0.252 e. The summed E-state index contributed by atoms with van der Waals surface area (Å²) in [5.74, 6) is -1.07. The third-order valence-electron chi connectivity index (χ3n) is 3.02. The lowest BCUT2D eigenvalue weighted by atomic mass is 9.97. The number of rotatable bonds is 2. The van der Waals surface area contributed by atoms with Crippen LogP contribution in [0, 0.1) is 0 Å². The molecule has 0 saturated carbocycles. The van der Waals surface area contributed by atoms with E-state index in [1.165, 1.54) is 16.2 Å². The maximum atomic E-state index is 12.2. The van der Waals surface area contributed by atoms with Gasteiger partial charge in [-0.15, -0.1) is 0 Å². The number of amides is 3. The highest BCUT2D eigenvalue weighted by Gasteiger charge is 2.43. The number of imide groups is 1. The van der Waals surface area contributed by atoms with Gasteiger partial charge in [0, 0.05) is 0 Å². The van der Waals surface area contributed by atoms with E-state index in [1.54, 1.807) is 13.8 Å². The summed E-state index contributed by atoms with van der Waals surface area (Å²) < 4.78 is 0. The average Bonchev–Trinajstić information content (AvgIpc) is 2.76. The summed E-state index contributed by atoms with van der Waals surface area (Å²) in [6.07, 6.45) is 0.216. The first-order valence-corrected chi connectivity index (χ1v) is 6.51. The Morgan fingerprint density at radius 1 is 1.50 bits per heavy atom. The van der Waals surface area contributed by atoms with Gasteiger partial charge in [0.25, 0.3) is 5.91 Å². The molecule has 5 nitrogen and oxygen atoms in total. The molecule has 1 fully saturated rings. The second-order valence-electron chi connectivity index (χ2n) is 4.72. The van der Waals surface area contributed by atoms with E-state index in [2.05, 4.69) is 5.32 Å². The van der Waals surface area contributed by atoms with Gasteiger partial charge in [0.15, 0.2) is 0 Å². The van der Waals surface area contributed by atoms with Gasteiger partial charge in [0.1, 0.15) is 12.1 Å². The van der Waals surface area contributed by atoms with Crippen molar-refractivity contribution >= 4 is 29.1 Å². The molecule has 2 heterocycles. The zero-order valence-corrected chi connectivity index (χ0v) is 11.0. The van der Waals surface area contributed by atoms with E-state index in [1.807, 2.05) is 16.8 Å². The lowest BCUT2D eigenvalue weighted by Crippen LogP contribution is -2.65. The molecule has 96 valence electrons. The highest BCUT2D eigenvalue weighted by molar-refractivity contribution is 7.08. The SMILES string of the molecule is CC1(C)C(=O)NC(=O)CN1C(=O)Cc1ccsc1. The lowest BCUT2D eigenvalue weighted by molar-refractivity contribution is -0.155. The first-order valence-electron chi connectivity index (χ1n) is 5.57. The maximum absolute atomic E-state index is 12.2. The van der Waals surface area contributed by atoms with E-state index in [0.717, 1.165) is 5.56 Å². The van der Waals surface area contributed by atoms with Crippen molar-refractivity contribution in [2.24, 2.45) is 0 Å². The zero-order chi connectivity index (χ0) is 13.3. The van der Waals surface area contributed by atoms with Crippen LogP contribution in [-0.2, 0) is 20.8 Å². The number of piperazine rings is 1. The molecule has 18 heavy (non-hydrogen) atoms. The zero-order valence-electron chi connectivity index (χ0n) is 10.2. The molecule has 1 saturated heterocycles. The van der Waals surface area contributed by atoms with Crippen LogP contribution in [0.2, 0.25) is 0 Å². The monoisotopic (exact) mass is 266 g/mol. The van der Waals surface area contributed by atoms with Crippen molar-refractivity contribution in [1.82, 2.24) is 10.2 Å². The van der Waals surface area contributed by atoms with Crippen LogP contribution in [0.4, 0.5) is 0 Å². The van der Waals surface area contributed by atoms with E-state index in [9.17, 15) is 14.4 Å². The van der Waals surface area contributed by atoms with Crippen LogP contribution in [0.15, 0.2) is 16.8 Å². The van der Waals surface area contributed by atoms with Crippen LogP contribution in [0.5, 0.6) is 0 Å². The maximum Gasteiger partial charge on any atom is 0.252 e. The van der Waals surface area contributed by atoms with E-state index >= 15 is 0 Å². The molecular weight excluding hydrogens is 252 g/mol. The number of hydrogen-bond donors (Lipinski definition) is 1. The first-order chi connectivity index (χ1) is 8.41. The molecule has 1 aliphatic rings. The standard InChI is InChI=1S/C12H14N2O3S/c1-12(2)11(17)13-9(15)6-14(12)10(16)5-8-3-4-18-7-8/h3-4,7H,5-6H2,1-2H3,(H,13,15,17). The third-order valence-corrected chi connectivity index (χ3v) is 3.75. The molecule has 1 N–H and O–H groups in total. The van der Waals surface area contributed by atoms with Gasteiger partial charge in [0.05, 0.1) is 6.42 Å². The Morgan fingerprint density at radius 2 is 2.22 bits per heavy atom. The molecule has 0 unspecified atom stereocenters. The van der Waals surface area contributed by atoms with Crippen LogP contribution < -0.4 is 5.32 Å². The van der Waals surface area contributed by atoms with Crippen LogP contribution in [0.3, 0.4) is 0 Å². The molecule has 1 aromatic heterocycles. The minimum absolute atomic E-state index is 0.0677. The number of thiophene rings is 1. The second kappa shape index (κ2) is 4.53. The summed E-state index contributed by atoms with van der Waals surface area (Å²) in [5, 5.41) is 6.02. The van der Waals surface area contributed by atoms with Crippen molar-refractivity contribution in [3.63, 3.8) is 0 Å². The molecule has 0 radical (unpaired) electrons. The topological polar surface area (TPSA) is 66.5 Å². The third kappa shape index (κ3) is 2.28. The number of hydrogen-bond acceptors (Lipinski definition) is 4. The minimum Gasteiger partial charge on any atom is -0.319 e. The molecule has 0 spiro atoms. The second-order valence-corrected chi connectivity index (χ2v) is 5.50. The van der Waals surface area contributed by atoms with Crippen molar-refractivity contribution in [2.45, 2.75) is 25.8 Å². The van der Waals surface area contributed by atoms with Gasteiger partial charge < -0.3 is 4.90 Å². The fourth-order valence-electron chi connectivity index (χ4n) is 1.85. The molecule has 0 atom stereocenters. The quantitative estimate of drug-likeness (QED) is 0.795. The molecule has 0 aromatic carbocycles. The van der Waals surface area contributed by atoms with Crippen LogP contribution in [0.1, 0.15) is 19.4 Å². The average molecular weight is 266 g/mol. The van der Waals surface area contributed by atoms with E-state index in [0.29, 0.717) is 0 Å². The summed E-state index contributed by atoms with van der Waals surface area (Å²) in [5.41, 5.74) is -0.0830. The van der Waals surface area contributed by atoms with Crippen molar-refractivity contribution in [2.75, 3.05) is 6.54 Å². The normalized spacial score (nSPS) is 18.7. The van der Waals surface area contributed by atoms with Gasteiger partial charge in [-0.05, 0) is 36.2 Å². The predicted molar refractivity (Wildman–Crippen MR) is 67.0 cm³/mol. The van der Waals surface area contributed by atoms with Crippen molar-refractivity contribution in [3.05, 3.63) is 22.4 Å². The van der Waals surface area contributed by atoms with Crippen molar-refractivity contribution in [1.29, 1.82) is 0 Å². The van der Waals surface area contributed by atoms with Gasteiger partial charge in [0.2, 0.25) is 11.8 Å². The highest BCUT2D eigenvalue weighted by Crippen LogP contribution is 2.20. The van der Waals surface area contributed by atoms with E-state index in [-0.39, 0.29) is 18.9 Å². The Kier molecular flexibility index (Phi) is 3.21. The molecule has 1 aromatic rings. The van der Waals surface area contributed by atoms with E-state index in [4.69, 9.17) is 0 Å². The molecule has 1 aliphatic heterocycles. The van der Waals surface area contributed by atoms with Gasteiger partial charge in [-0.1, -0.05) is 0 Å². The predicted octanol–water partition coefficient (Wildman–Crippen LogP) is 0.554. The van der Waals surface area contributed by atoms with E-state index < -0.39 is 17.4 Å². The molecule has 6 heteroatoms. The number of nitrogens with zero attached hydrogens (tertiary/aromatic N) is 1. The molecule has 3 amide bonds. The minimum atomic E-state index is -0.985. The Balaban J connectivity index is 2.17. The summed E-state index contributed by atoms with van der Waals surface area (Å²) in [6, 6.07) is 1.86. The summed E-state index contributed by atoms with van der Waals surface area (Å²) in [4.78, 5) is 36.6. The first kappa shape index (κ1) is 12.8. The number of carbonyl (C=O) groups is 3. The fourth-order valence-corrected chi connectivity index (χ4v) is 2.51. The van der Waals surface area contributed by atoms with Gasteiger partial charge >= 0.3 is 0 Å². The molecule has 0 bridgehead atoms. The summed E-state index contributed by atoms with van der Waals surface area (Å²) in [7, 11) is 0. The Bertz CT molecular complexity index is 493.